The first-order valence-corrected chi connectivity index (χ1v) is 11.1. The van der Waals surface area contributed by atoms with Crippen LogP contribution in [0.5, 0.6) is 0 Å². The Morgan fingerprint density at radius 3 is 2.09 bits per heavy atom. The van der Waals surface area contributed by atoms with Crippen LogP contribution in [0.1, 0.15) is 30.0 Å². The van der Waals surface area contributed by atoms with Crippen molar-refractivity contribution >= 4 is 5.97 Å². The van der Waals surface area contributed by atoms with E-state index in [-0.39, 0.29) is 24.1 Å². The van der Waals surface area contributed by atoms with Gasteiger partial charge in [-0.05, 0) is 49.3 Å². The topological polar surface area (TPSA) is 29.5 Å². The molecule has 2 unspecified atom stereocenters. The molecule has 0 N–H and O–H groups in total. The van der Waals surface area contributed by atoms with Gasteiger partial charge in [-0.15, -0.1) is 0 Å². The number of carbonyl (C=O) groups is 1. The number of hydrogen-bond donors (Lipinski definition) is 0. The minimum atomic E-state index is -0.799. The number of halogens is 1. The molecule has 3 rings (SSSR count). The van der Waals surface area contributed by atoms with Crippen molar-refractivity contribution in [2.24, 2.45) is 5.92 Å². The second kappa shape index (κ2) is 11.1. The number of benzene rings is 3. The summed E-state index contributed by atoms with van der Waals surface area (Å²) in [6.07, 6.45) is 1.34. The lowest BCUT2D eigenvalue weighted by molar-refractivity contribution is -0.168. The number of rotatable bonds is 10. The van der Waals surface area contributed by atoms with Gasteiger partial charge in [0.2, 0.25) is 0 Å². The lowest BCUT2D eigenvalue weighted by atomic mass is 9.77. The van der Waals surface area contributed by atoms with Gasteiger partial charge in [-0.2, -0.15) is 0 Å². The van der Waals surface area contributed by atoms with E-state index in [1.807, 2.05) is 62.6 Å². The lowest BCUT2D eigenvalue weighted by Crippen LogP contribution is -2.45. The Bertz CT molecular complexity index is 973. The zero-order chi connectivity index (χ0) is 23.0. The molecule has 0 aliphatic rings. The molecular formula is C28H32FNO2. The molecule has 0 fully saturated rings. The summed E-state index contributed by atoms with van der Waals surface area (Å²) in [5, 5.41) is 0. The van der Waals surface area contributed by atoms with Gasteiger partial charge in [-0.3, -0.25) is 4.79 Å². The fourth-order valence-corrected chi connectivity index (χ4v) is 4.22. The first-order chi connectivity index (χ1) is 15.4. The van der Waals surface area contributed by atoms with Crippen LogP contribution in [0.4, 0.5) is 4.39 Å². The molecule has 4 heteroatoms. The zero-order valence-electron chi connectivity index (χ0n) is 19.1. The Morgan fingerprint density at radius 1 is 0.906 bits per heavy atom. The summed E-state index contributed by atoms with van der Waals surface area (Å²) in [6.45, 7) is 2.91. The van der Waals surface area contributed by atoms with Crippen molar-refractivity contribution in [3.63, 3.8) is 0 Å². The van der Waals surface area contributed by atoms with Gasteiger partial charge >= 0.3 is 5.97 Å². The van der Waals surface area contributed by atoms with Gasteiger partial charge in [0.05, 0.1) is 0 Å². The Morgan fingerprint density at radius 2 is 1.50 bits per heavy atom. The first kappa shape index (κ1) is 23.7. The van der Waals surface area contributed by atoms with Gasteiger partial charge < -0.3 is 9.64 Å². The number of nitrogens with zero attached hydrogens (tertiary/aromatic N) is 1. The Labute approximate surface area is 190 Å². The van der Waals surface area contributed by atoms with Gasteiger partial charge in [0.1, 0.15) is 11.4 Å². The fraction of sp³-hybridized carbons (Fsp3) is 0.321. The van der Waals surface area contributed by atoms with E-state index >= 15 is 0 Å². The molecular weight excluding hydrogens is 401 g/mol. The molecule has 3 aromatic rings. The van der Waals surface area contributed by atoms with E-state index in [1.165, 1.54) is 12.1 Å². The highest BCUT2D eigenvalue weighted by molar-refractivity contribution is 5.70. The maximum atomic E-state index is 13.2. The van der Waals surface area contributed by atoms with Crippen LogP contribution < -0.4 is 0 Å². The van der Waals surface area contributed by atoms with E-state index in [0.717, 1.165) is 23.2 Å². The molecule has 168 valence electrons. The van der Waals surface area contributed by atoms with Crippen LogP contribution in [0.2, 0.25) is 0 Å². The zero-order valence-corrected chi connectivity index (χ0v) is 19.1. The highest BCUT2D eigenvalue weighted by Gasteiger charge is 2.42. The molecule has 0 aromatic heterocycles. The molecule has 0 amide bonds. The summed E-state index contributed by atoms with van der Waals surface area (Å²) in [6, 6.07) is 26.5. The van der Waals surface area contributed by atoms with Crippen LogP contribution in [-0.4, -0.2) is 31.5 Å². The van der Waals surface area contributed by atoms with Gasteiger partial charge in [0.25, 0.3) is 0 Å². The molecule has 0 aliphatic heterocycles. The van der Waals surface area contributed by atoms with Crippen LogP contribution in [0.3, 0.4) is 0 Å². The fourth-order valence-electron chi connectivity index (χ4n) is 4.22. The lowest BCUT2D eigenvalue weighted by Gasteiger charge is -2.40. The number of hydrogen-bond acceptors (Lipinski definition) is 3. The molecule has 2 atom stereocenters. The summed E-state index contributed by atoms with van der Waals surface area (Å²) in [5.74, 6) is -0.477. The van der Waals surface area contributed by atoms with Crippen molar-refractivity contribution in [2.75, 3.05) is 20.6 Å². The predicted octanol–water partition coefficient (Wildman–Crippen LogP) is 5.64. The van der Waals surface area contributed by atoms with E-state index < -0.39 is 5.60 Å². The maximum Gasteiger partial charge on any atom is 0.307 e. The number of aryl methyl sites for hydroxylation is 1. The molecule has 0 heterocycles. The maximum absolute atomic E-state index is 13.2. The van der Waals surface area contributed by atoms with Crippen molar-refractivity contribution in [2.45, 2.75) is 31.8 Å². The minimum Gasteiger partial charge on any atom is -0.453 e. The summed E-state index contributed by atoms with van der Waals surface area (Å²) in [7, 11) is 4.07. The van der Waals surface area contributed by atoms with E-state index in [9.17, 15) is 9.18 Å². The molecule has 0 bridgehead atoms. The van der Waals surface area contributed by atoms with E-state index in [1.54, 1.807) is 12.1 Å². The Balaban J connectivity index is 1.91. The normalized spacial score (nSPS) is 14.0. The summed E-state index contributed by atoms with van der Waals surface area (Å²) < 4.78 is 19.6. The van der Waals surface area contributed by atoms with E-state index in [2.05, 4.69) is 24.0 Å². The molecule has 0 aliphatic carbocycles. The Hall–Kier alpha value is -2.98. The van der Waals surface area contributed by atoms with Crippen LogP contribution in [0.25, 0.3) is 0 Å². The van der Waals surface area contributed by atoms with Crippen LogP contribution >= 0.6 is 0 Å². The largest absolute Gasteiger partial charge is 0.453 e. The third kappa shape index (κ3) is 6.27. The highest BCUT2D eigenvalue weighted by Crippen LogP contribution is 2.38. The smallest absolute Gasteiger partial charge is 0.307 e. The standard InChI is InChI=1S/C28H32FNO2/c1-22(21-30(2)3)28(25-12-8-5-9-13-25,20-24-10-6-4-7-11-24)32-27(31)19-16-23-14-17-26(29)18-15-23/h4-15,17-18,22H,16,19-21H2,1-3H3. The molecule has 3 nitrogen and oxygen atoms in total. The van der Waals surface area contributed by atoms with Gasteiger partial charge in [-0.1, -0.05) is 79.7 Å². The van der Waals surface area contributed by atoms with E-state index in [0.29, 0.717) is 12.8 Å². The number of carbonyl (C=O) groups excluding carboxylic acids is 1. The SMILES string of the molecule is CC(CN(C)C)C(Cc1ccccc1)(OC(=O)CCc1ccc(F)cc1)c1ccccc1. The molecule has 0 saturated heterocycles. The summed E-state index contributed by atoms with van der Waals surface area (Å²) >= 11 is 0. The first-order valence-electron chi connectivity index (χ1n) is 11.1. The molecule has 32 heavy (non-hydrogen) atoms. The number of ether oxygens (including phenoxy) is 1. The quantitative estimate of drug-likeness (QED) is 0.388. The van der Waals surface area contributed by atoms with Gasteiger partial charge in [-0.25, -0.2) is 4.39 Å². The molecule has 0 saturated carbocycles. The third-order valence-corrected chi connectivity index (χ3v) is 5.83. The predicted molar refractivity (Wildman–Crippen MR) is 127 cm³/mol. The Kier molecular flexibility index (Phi) is 8.18. The van der Waals surface area contributed by atoms with E-state index in [4.69, 9.17) is 4.74 Å². The summed E-state index contributed by atoms with van der Waals surface area (Å²) in [4.78, 5) is 15.3. The van der Waals surface area contributed by atoms with Crippen molar-refractivity contribution in [3.05, 3.63) is 107 Å². The van der Waals surface area contributed by atoms with Crippen molar-refractivity contribution in [1.82, 2.24) is 4.90 Å². The van der Waals surface area contributed by atoms with Crippen molar-refractivity contribution < 1.29 is 13.9 Å². The second-order valence-electron chi connectivity index (χ2n) is 8.68. The highest BCUT2D eigenvalue weighted by atomic mass is 19.1. The van der Waals surface area contributed by atoms with Crippen molar-refractivity contribution in [3.8, 4) is 0 Å². The van der Waals surface area contributed by atoms with Gasteiger partial charge in [0, 0.05) is 25.3 Å². The average Bonchev–Trinajstić information content (AvgIpc) is 2.79. The average molecular weight is 434 g/mol. The van der Waals surface area contributed by atoms with Crippen LogP contribution in [-0.2, 0) is 28.0 Å². The monoisotopic (exact) mass is 433 g/mol. The minimum absolute atomic E-state index is 0.0508. The van der Waals surface area contributed by atoms with Gasteiger partial charge in [0.15, 0.2) is 0 Å². The third-order valence-electron chi connectivity index (χ3n) is 5.83. The van der Waals surface area contributed by atoms with Crippen LogP contribution in [0, 0.1) is 11.7 Å². The second-order valence-corrected chi connectivity index (χ2v) is 8.68. The van der Waals surface area contributed by atoms with Crippen molar-refractivity contribution in [1.29, 1.82) is 0 Å². The number of esters is 1. The van der Waals surface area contributed by atoms with Crippen LogP contribution in [0.15, 0.2) is 84.9 Å². The molecule has 3 aromatic carbocycles. The summed E-state index contributed by atoms with van der Waals surface area (Å²) in [5.41, 5.74) is 2.23. The molecule has 0 radical (unpaired) electrons. The molecule has 0 spiro atoms.